The highest BCUT2D eigenvalue weighted by atomic mass is 35.5. The van der Waals surface area contributed by atoms with Crippen LogP contribution in [0.3, 0.4) is 0 Å². The molecule has 3 rings (SSSR count). The summed E-state index contributed by atoms with van der Waals surface area (Å²) in [4.78, 5) is 26.3. The van der Waals surface area contributed by atoms with Crippen molar-refractivity contribution in [1.29, 1.82) is 0 Å². The van der Waals surface area contributed by atoms with E-state index < -0.39 is 6.04 Å². The summed E-state index contributed by atoms with van der Waals surface area (Å²) >= 11 is 7.76. The summed E-state index contributed by atoms with van der Waals surface area (Å²) in [5.74, 6) is 0.992. The maximum atomic E-state index is 12.7. The molecule has 2 amide bonds. The van der Waals surface area contributed by atoms with Gasteiger partial charge in [-0.2, -0.15) is 0 Å². The van der Waals surface area contributed by atoms with Crippen molar-refractivity contribution in [2.75, 3.05) is 18.2 Å². The molecule has 124 valence electrons. The maximum absolute atomic E-state index is 12.7. The van der Waals surface area contributed by atoms with Gasteiger partial charge in [0.05, 0.1) is 17.7 Å². The number of aryl methyl sites for hydroxylation is 1. The molecule has 2 heterocycles. The van der Waals surface area contributed by atoms with Crippen LogP contribution in [0.1, 0.15) is 25.3 Å². The van der Waals surface area contributed by atoms with Crippen LogP contribution in [0.5, 0.6) is 5.75 Å². The molecule has 1 aromatic carbocycles. The molecule has 2 fully saturated rings. The van der Waals surface area contributed by atoms with E-state index >= 15 is 0 Å². The molecular weight excluding hydrogens is 336 g/mol. The number of hydrogen-bond donors (Lipinski definition) is 1. The number of ether oxygens (including phenoxy) is 1. The summed E-state index contributed by atoms with van der Waals surface area (Å²) in [7, 11) is 1.53. The number of halogens is 1. The van der Waals surface area contributed by atoms with Gasteiger partial charge in [-0.05, 0) is 31.9 Å². The highest BCUT2D eigenvalue weighted by Crippen LogP contribution is 2.47. The third kappa shape index (κ3) is 2.78. The van der Waals surface area contributed by atoms with E-state index in [0.29, 0.717) is 28.6 Å². The number of rotatable bonds is 3. The van der Waals surface area contributed by atoms with E-state index in [1.165, 1.54) is 7.11 Å². The van der Waals surface area contributed by atoms with Gasteiger partial charge in [-0.1, -0.05) is 11.6 Å². The Morgan fingerprint density at radius 2 is 2.26 bits per heavy atom. The average Bonchev–Trinajstić information content (AvgIpc) is 2.99. The first-order valence-corrected chi connectivity index (χ1v) is 8.83. The summed E-state index contributed by atoms with van der Waals surface area (Å²) in [6.45, 7) is 3.90. The number of anilines is 1. The Morgan fingerprint density at radius 3 is 2.96 bits per heavy atom. The van der Waals surface area contributed by atoms with Crippen LogP contribution in [0.2, 0.25) is 5.02 Å². The fourth-order valence-electron chi connectivity index (χ4n) is 3.16. The predicted molar refractivity (Wildman–Crippen MR) is 92.1 cm³/mol. The molecule has 23 heavy (non-hydrogen) atoms. The predicted octanol–water partition coefficient (Wildman–Crippen LogP) is 3.05. The summed E-state index contributed by atoms with van der Waals surface area (Å²) in [6, 6.07) is 3.02. The fourth-order valence-corrected chi connectivity index (χ4v) is 4.75. The summed E-state index contributed by atoms with van der Waals surface area (Å²) < 4.78 is 5.29. The third-order valence-electron chi connectivity index (χ3n) is 4.49. The van der Waals surface area contributed by atoms with Crippen molar-refractivity contribution >= 4 is 40.9 Å². The van der Waals surface area contributed by atoms with Crippen LogP contribution in [-0.2, 0) is 9.59 Å². The van der Waals surface area contributed by atoms with E-state index in [1.807, 2.05) is 13.8 Å². The number of nitrogens with zero attached hydrogens (tertiary/aromatic N) is 1. The van der Waals surface area contributed by atoms with Crippen molar-refractivity contribution < 1.29 is 14.3 Å². The second kappa shape index (κ2) is 5.91. The molecule has 1 aromatic rings. The van der Waals surface area contributed by atoms with Gasteiger partial charge in [-0.3, -0.25) is 9.59 Å². The van der Waals surface area contributed by atoms with E-state index in [9.17, 15) is 9.59 Å². The lowest BCUT2D eigenvalue weighted by Gasteiger charge is -2.30. The lowest BCUT2D eigenvalue weighted by Crippen LogP contribution is -2.48. The smallest absolute Gasteiger partial charge is 0.248 e. The van der Waals surface area contributed by atoms with Crippen LogP contribution in [0.4, 0.5) is 5.69 Å². The van der Waals surface area contributed by atoms with Crippen molar-refractivity contribution in [3.8, 4) is 5.75 Å². The van der Waals surface area contributed by atoms with Crippen molar-refractivity contribution in [2.24, 2.45) is 0 Å². The Hall–Kier alpha value is -1.40. The van der Waals surface area contributed by atoms with Gasteiger partial charge < -0.3 is 15.0 Å². The molecule has 1 N–H and O–H groups in total. The first-order chi connectivity index (χ1) is 10.9. The Kier molecular flexibility index (Phi) is 4.23. The normalized spacial score (nSPS) is 26.3. The number of methoxy groups -OCH3 is 1. The van der Waals surface area contributed by atoms with Crippen molar-refractivity contribution in [1.82, 2.24) is 4.90 Å². The zero-order chi connectivity index (χ0) is 16.8. The van der Waals surface area contributed by atoms with Gasteiger partial charge in [0.25, 0.3) is 0 Å². The van der Waals surface area contributed by atoms with Crippen molar-refractivity contribution in [3.63, 3.8) is 0 Å². The number of carbonyl (C=O) groups is 2. The molecule has 2 atom stereocenters. The zero-order valence-corrected chi connectivity index (χ0v) is 14.9. The Balaban J connectivity index is 1.83. The molecular formula is C16H19ClN2O3S. The van der Waals surface area contributed by atoms with E-state index in [1.54, 1.807) is 28.8 Å². The summed E-state index contributed by atoms with van der Waals surface area (Å²) in [5.41, 5.74) is 1.43. The van der Waals surface area contributed by atoms with Gasteiger partial charge in [0.15, 0.2) is 0 Å². The Morgan fingerprint density at radius 1 is 1.52 bits per heavy atom. The van der Waals surface area contributed by atoms with Gasteiger partial charge in [-0.15, -0.1) is 11.8 Å². The SMILES string of the molecule is COc1cc(Cl)c(C)cc1NC(=O)[C@H]1CS[C@]2(C)CCC(=O)N12. The molecule has 5 nitrogen and oxygen atoms in total. The first-order valence-electron chi connectivity index (χ1n) is 7.47. The average molecular weight is 355 g/mol. The van der Waals surface area contributed by atoms with Crippen LogP contribution in [0.15, 0.2) is 12.1 Å². The minimum absolute atomic E-state index is 0.0527. The largest absolute Gasteiger partial charge is 0.495 e. The van der Waals surface area contributed by atoms with Gasteiger partial charge in [0, 0.05) is 23.3 Å². The summed E-state index contributed by atoms with van der Waals surface area (Å²) in [5, 5.41) is 3.47. The van der Waals surface area contributed by atoms with Crippen LogP contribution in [-0.4, -0.2) is 40.5 Å². The summed E-state index contributed by atoms with van der Waals surface area (Å²) in [6.07, 6.45) is 1.31. The van der Waals surface area contributed by atoms with Gasteiger partial charge >= 0.3 is 0 Å². The molecule has 0 aliphatic carbocycles. The number of nitrogens with one attached hydrogen (secondary N) is 1. The zero-order valence-electron chi connectivity index (χ0n) is 13.3. The van der Waals surface area contributed by atoms with Crippen LogP contribution >= 0.6 is 23.4 Å². The maximum Gasteiger partial charge on any atom is 0.248 e. The van der Waals surface area contributed by atoms with Crippen LogP contribution in [0.25, 0.3) is 0 Å². The van der Waals surface area contributed by atoms with E-state index in [-0.39, 0.29) is 16.7 Å². The van der Waals surface area contributed by atoms with E-state index in [4.69, 9.17) is 16.3 Å². The molecule has 7 heteroatoms. The van der Waals surface area contributed by atoms with Crippen LogP contribution < -0.4 is 10.1 Å². The first kappa shape index (κ1) is 16.5. The van der Waals surface area contributed by atoms with Crippen molar-refractivity contribution in [3.05, 3.63) is 22.7 Å². The quantitative estimate of drug-likeness (QED) is 0.906. The molecule has 0 spiro atoms. The van der Waals surface area contributed by atoms with Gasteiger partial charge in [0.1, 0.15) is 11.8 Å². The molecule has 2 aliphatic rings. The molecule has 2 aliphatic heterocycles. The van der Waals surface area contributed by atoms with Gasteiger partial charge in [-0.25, -0.2) is 0 Å². The number of benzene rings is 1. The molecule has 0 radical (unpaired) electrons. The molecule has 0 bridgehead atoms. The second-order valence-electron chi connectivity index (χ2n) is 6.06. The number of fused-ring (bicyclic) bond motifs is 1. The van der Waals surface area contributed by atoms with E-state index in [2.05, 4.69) is 5.32 Å². The van der Waals surface area contributed by atoms with E-state index in [0.717, 1.165) is 12.0 Å². The number of carbonyl (C=O) groups excluding carboxylic acids is 2. The highest BCUT2D eigenvalue weighted by molar-refractivity contribution is 8.01. The molecule has 0 aromatic heterocycles. The molecule has 0 unspecified atom stereocenters. The van der Waals surface area contributed by atoms with Crippen molar-refractivity contribution in [2.45, 2.75) is 37.6 Å². The minimum atomic E-state index is -0.444. The molecule has 0 saturated carbocycles. The number of hydrogen-bond acceptors (Lipinski definition) is 4. The minimum Gasteiger partial charge on any atom is -0.495 e. The Labute approximate surface area is 144 Å². The third-order valence-corrected chi connectivity index (χ3v) is 6.40. The molecule has 2 saturated heterocycles. The monoisotopic (exact) mass is 354 g/mol. The highest BCUT2D eigenvalue weighted by Gasteiger charge is 2.52. The lowest BCUT2D eigenvalue weighted by atomic mass is 10.1. The lowest BCUT2D eigenvalue weighted by molar-refractivity contribution is -0.135. The van der Waals surface area contributed by atoms with Gasteiger partial charge in [0.2, 0.25) is 11.8 Å². The topological polar surface area (TPSA) is 58.6 Å². The standard InChI is InChI=1S/C16H19ClN2O3S/c1-9-6-11(13(22-3)7-10(9)17)18-15(21)12-8-23-16(2)5-4-14(20)19(12)16/h6-7,12H,4-5,8H2,1-3H3,(H,18,21)/t12-,16-/m1/s1. The van der Waals surface area contributed by atoms with Crippen LogP contribution in [0, 0.1) is 6.92 Å². The Bertz CT molecular complexity index is 682. The number of amides is 2. The second-order valence-corrected chi connectivity index (χ2v) is 7.97. The fraction of sp³-hybridized carbons (Fsp3) is 0.500. The number of thioether (sulfide) groups is 1.